The minimum absolute atomic E-state index is 0.204. The third-order valence-electron chi connectivity index (χ3n) is 2.73. The Morgan fingerprint density at radius 2 is 1.72 bits per heavy atom. The molecule has 0 bridgehead atoms. The van der Waals surface area contributed by atoms with Crippen molar-refractivity contribution < 1.29 is 24.2 Å². The summed E-state index contributed by atoms with van der Waals surface area (Å²) in [5.74, 6) is -0.278. The fraction of sp³-hybridized carbons (Fsp3) is 0.632. The monoisotopic (exact) mass is 355 g/mol. The summed E-state index contributed by atoms with van der Waals surface area (Å²) in [6.45, 7) is 11.4. The lowest BCUT2D eigenvalue weighted by Gasteiger charge is -2.08. The lowest BCUT2D eigenvalue weighted by Crippen LogP contribution is -2.21. The maximum atomic E-state index is 10.6. The van der Waals surface area contributed by atoms with Crippen molar-refractivity contribution in [3.8, 4) is 0 Å². The molecule has 2 heterocycles. The number of hydrogen-bond donors (Lipinski definition) is 2. The molecule has 2 rings (SSSR count). The summed E-state index contributed by atoms with van der Waals surface area (Å²) in [6, 6.07) is 0. The van der Waals surface area contributed by atoms with E-state index >= 15 is 0 Å². The van der Waals surface area contributed by atoms with Crippen LogP contribution in [0.5, 0.6) is 0 Å². The summed E-state index contributed by atoms with van der Waals surface area (Å²) in [7, 11) is 0. The van der Waals surface area contributed by atoms with Crippen LogP contribution in [0, 0.1) is 5.92 Å². The minimum Gasteiger partial charge on any atom is -0.428 e. The maximum absolute atomic E-state index is 10.6. The molecule has 1 atom stereocenters. The molecular formula is C19H33NO5. The fourth-order valence-electron chi connectivity index (χ4n) is 1.67. The van der Waals surface area contributed by atoms with Gasteiger partial charge in [0.1, 0.15) is 12.6 Å². The smallest absolute Gasteiger partial charge is 0.333 e. The van der Waals surface area contributed by atoms with Crippen LogP contribution in [0.25, 0.3) is 0 Å². The van der Waals surface area contributed by atoms with E-state index < -0.39 is 12.3 Å². The molecule has 1 fully saturated rings. The first-order chi connectivity index (χ1) is 11.8. The number of esters is 1. The van der Waals surface area contributed by atoms with Crippen LogP contribution in [0.1, 0.15) is 53.9 Å². The number of carbonyl (C=O) groups excluding carboxylic acids is 3. The zero-order valence-corrected chi connectivity index (χ0v) is 16.1. The van der Waals surface area contributed by atoms with Gasteiger partial charge in [0.2, 0.25) is 6.29 Å². The Morgan fingerprint density at radius 3 is 1.92 bits per heavy atom. The average Bonchev–Trinajstić information content (AvgIpc) is 2.87. The van der Waals surface area contributed by atoms with Gasteiger partial charge < -0.3 is 24.7 Å². The molecule has 25 heavy (non-hydrogen) atoms. The quantitative estimate of drug-likeness (QED) is 0.584. The first-order valence-corrected chi connectivity index (χ1v) is 8.59. The summed E-state index contributed by atoms with van der Waals surface area (Å²) in [6.07, 6.45) is 7.82. The molecule has 2 aliphatic heterocycles. The lowest BCUT2D eigenvalue weighted by molar-refractivity contribution is -0.150. The first-order valence-electron chi connectivity index (χ1n) is 8.59. The van der Waals surface area contributed by atoms with Gasteiger partial charge in [-0.05, 0) is 46.7 Å². The van der Waals surface area contributed by atoms with E-state index in [1.54, 1.807) is 6.08 Å². The minimum atomic E-state index is -1.07. The molecule has 0 radical (unpaired) electrons. The molecule has 0 aromatic rings. The molecule has 6 nitrogen and oxygen atoms in total. The van der Waals surface area contributed by atoms with E-state index in [4.69, 9.17) is 9.90 Å². The molecule has 2 aliphatic rings. The molecule has 0 aromatic carbocycles. The topological polar surface area (TPSA) is 92.7 Å². The Labute approximate surface area is 151 Å². The number of piperidine rings is 1. The number of allylic oxidation sites excluding steroid dienone is 1. The summed E-state index contributed by atoms with van der Waals surface area (Å²) < 4.78 is 4.45. The maximum Gasteiger partial charge on any atom is 0.333 e. The van der Waals surface area contributed by atoms with Gasteiger partial charge in [-0.3, -0.25) is 0 Å². The second-order valence-corrected chi connectivity index (χ2v) is 6.08. The Kier molecular flexibility index (Phi) is 17.4. The standard InChI is InChI=1S/C8H10O3.C5H11N.C4H8O.C2H4O/c1-5(2)3-6-4-7(9)11-8(6)10;1-2-4-6-5-3-1;1-4(2)3-5;1-2-3/h3-4,8,10H,1-2H3;6H,1-5H2;3-4H,1-2H3;2H,1H3. The SMILES string of the molecule is C1CCNCC1.CC(C)=CC1=CC(=O)OC1O.CC(C)C=O.CC=O. The van der Waals surface area contributed by atoms with Crippen molar-refractivity contribution in [2.24, 2.45) is 5.92 Å². The highest BCUT2D eigenvalue weighted by Gasteiger charge is 2.21. The van der Waals surface area contributed by atoms with Crippen LogP contribution >= 0.6 is 0 Å². The van der Waals surface area contributed by atoms with Gasteiger partial charge in [-0.15, -0.1) is 0 Å². The zero-order valence-electron chi connectivity index (χ0n) is 16.1. The predicted molar refractivity (Wildman–Crippen MR) is 99.0 cm³/mol. The third kappa shape index (κ3) is 18.4. The van der Waals surface area contributed by atoms with Crippen LogP contribution in [-0.4, -0.2) is 43.0 Å². The van der Waals surface area contributed by atoms with E-state index in [0.717, 1.165) is 18.1 Å². The summed E-state index contributed by atoms with van der Waals surface area (Å²) in [5.41, 5.74) is 1.55. The van der Waals surface area contributed by atoms with Crippen LogP contribution < -0.4 is 5.32 Å². The number of aldehydes is 2. The molecule has 0 aliphatic carbocycles. The predicted octanol–water partition coefficient (Wildman–Crippen LogP) is 2.56. The van der Waals surface area contributed by atoms with Crippen molar-refractivity contribution in [1.29, 1.82) is 0 Å². The molecule has 0 spiro atoms. The highest BCUT2D eigenvalue weighted by atomic mass is 16.6. The van der Waals surface area contributed by atoms with Crippen LogP contribution in [0.4, 0.5) is 0 Å². The number of aliphatic hydroxyl groups is 1. The Bertz CT molecular complexity index is 422. The molecule has 6 heteroatoms. The van der Waals surface area contributed by atoms with Crippen molar-refractivity contribution in [3.63, 3.8) is 0 Å². The van der Waals surface area contributed by atoms with Crippen molar-refractivity contribution in [2.45, 2.75) is 60.2 Å². The largest absolute Gasteiger partial charge is 0.428 e. The number of cyclic esters (lactones) is 1. The summed E-state index contributed by atoms with van der Waals surface area (Å²) >= 11 is 0. The molecule has 0 aromatic heterocycles. The van der Waals surface area contributed by atoms with Gasteiger partial charge >= 0.3 is 5.97 Å². The number of carbonyl (C=O) groups is 3. The van der Waals surface area contributed by atoms with E-state index in [0.29, 0.717) is 5.57 Å². The Balaban J connectivity index is 0. The van der Waals surface area contributed by atoms with E-state index in [9.17, 15) is 9.59 Å². The summed E-state index contributed by atoms with van der Waals surface area (Å²) in [5, 5.41) is 12.3. The molecule has 1 saturated heterocycles. The number of hydrogen-bond acceptors (Lipinski definition) is 6. The Morgan fingerprint density at radius 1 is 1.24 bits per heavy atom. The van der Waals surface area contributed by atoms with E-state index in [2.05, 4.69) is 10.1 Å². The highest BCUT2D eigenvalue weighted by molar-refractivity contribution is 5.86. The van der Waals surface area contributed by atoms with Gasteiger partial charge in [0.15, 0.2) is 0 Å². The molecule has 144 valence electrons. The van der Waals surface area contributed by atoms with Gasteiger partial charge in [0, 0.05) is 17.6 Å². The molecule has 1 unspecified atom stereocenters. The molecule has 0 amide bonds. The van der Waals surface area contributed by atoms with Crippen molar-refractivity contribution in [3.05, 3.63) is 23.3 Å². The molecular weight excluding hydrogens is 322 g/mol. The second-order valence-electron chi connectivity index (χ2n) is 6.08. The fourth-order valence-corrected chi connectivity index (χ4v) is 1.67. The highest BCUT2D eigenvalue weighted by Crippen LogP contribution is 2.15. The van der Waals surface area contributed by atoms with Gasteiger partial charge in [0.05, 0.1) is 0 Å². The van der Waals surface area contributed by atoms with Gasteiger partial charge in [-0.2, -0.15) is 0 Å². The number of aliphatic hydroxyl groups excluding tert-OH is 1. The van der Waals surface area contributed by atoms with Gasteiger partial charge in [-0.1, -0.05) is 31.9 Å². The number of ether oxygens (including phenoxy) is 1. The van der Waals surface area contributed by atoms with Crippen LogP contribution in [0.3, 0.4) is 0 Å². The molecule has 0 saturated carbocycles. The second kappa shape index (κ2) is 17.0. The molecule has 2 N–H and O–H groups in total. The summed E-state index contributed by atoms with van der Waals surface area (Å²) in [4.78, 5) is 28.9. The van der Waals surface area contributed by atoms with E-state index in [-0.39, 0.29) is 5.92 Å². The van der Waals surface area contributed by atoms with Gasteiger partial charge in [-0.25, -0.2) is 4.79 Å². The van der Waals surface area contributed by atoms with E-state index in [1.807, 2.05) is 27.7 Å². The van der Waals surface area contributed by atoms with E-state index in [1.165, 1.54) is 45.4 Å². The van der Waals surface area contributed by atoms with Crippen molar-refractivity contribution in [1.82, 2.24) is 5.32 Å². The first kappa shape index (κ1) is 25.5. The van der Waals surface area contributed by atoms with Crippen LogP contribution in [0.15, 0.2) is 23.3 Å². The Hall–Kier alpha value is -1.79. The van der Waals surface area contributed by atoms with Gasteiger partial charge in [0.25, 0.3) is 0 Å². The number of nitrogens with one attached hydrogen (secondary N) is 1. The number of rotatable bonds is 2. The third-order valence-corrected chi connectivity index (χ3v) is 2.73. The van der Waals surface area contributed by atoms with Crippen molar-refractivity contribution in [2.75, 3.05) is 13.1 Å². The van der Waals surface area contributed by atoms with Crippen LogP contribution in [-0.2, 0) is 19.1 Å². The van der Waals surface area contributed by atoms with Crippen LogP contribution in [0.2, 0.25) is 0 Å². The normalized spacial score (nSPS) is 18.0. The lowest BCUT2D eigenvalue weighted by atomic mass is 10.2. The zero-order chi connectivity index (χ0) is 19.7. The van der Waals surface area contributed by atoms with Crippen molar-refractivity contribution >= 4 is 18.5 Å². The average molecular weight is 355 g/mol.